The van der Waals surface area contributed by atoms with Gasteiger partial charge in [-0.3, -0.25) is 0 Å². The van der Waals surface area contributed by atoms with Gasteiger partial charge in [0.05, 0.1) is 5.56 Å². The maximum Gasteiger partial charge on any atom is 0.261 e. The van der Waals surface area contributed by atoms with Crippen LogP contribution in [0.4, 0.5) is 5.82 Å². The molecule has 5 nitrogen and oxygen atoms in total. The van der Waals surface area contributed by atoms with Gasteiger partial charge in [-0.1, -0.05) is 18.5 Å². The van der Waals surface area contributed by atoms with Crippen molar-refractivity contribution < 1.29 is 4.52 Å². The van der Waals surface area contributed by atoms with Gasteiger partial charge >= 0.3 is 0 Å². The first-order valence-corrected chi connectivity index (χ1v) is 8.95. The topological polar surface area (TPSA) is 55.1 Å². The summed E-state index contributed by atoms with van der Waals surface area (Å²) in [5.41, 5.74) is 0.935. The van der Waals surface area contributed by atoms with Gasteiger partial charge in [-0.05, 0) is 37.7 Å². The van der Waals surface area contributed by atoms with Crippen LogP contribution < -0.4 is 4.90 Å². The highest BCUT2D eigenvalue weighted by Gasteiger charge is 2.23. The zero-order chi connectivity index (χ0) is 15.4. The first kappa shape index (κ1) is 15.3. The molecule has 1 aliphatic rings. The fourth-order valence-corrected chi connectivity index (χ4v) is 3.98. The van der Waals surface area contributed by atoms with Crippen molar-refractivity contribution in [3.05, 3.63) is 24.2 Å². The third-order valence-corrected chi connectivity index (χ3v) is 5.06. The lowest BCUT2D eigenvalue weighted by Crippen LogP contribution is -2.30. The smallest absolute Gasteiger partial charge is 0.261 e. The molecule has 1 fully saturated rings. The summed E-state index contributed by atoms with van der Waals surface area (Å²) in [6.45, 7) is 6.14. The standard InChI is InChI=1S/C16H22N4OS/c1-3-22-13-7-4-5-10-20(11-13)15-14(8-6-9-17-15)16-18-12(2)19-21-16/h6,8-9,13H,3-5,7,10-11H2,1-2H3. The maximum absolute atomic E-state index is 5.35. The lowest BCUT2D eigenvalue weighted by molar-refractivity contribution is 0.425. The summed E-state index contributed by atoms with van der Waals surface area (Å²) in [6.07, 6.45) is 5.63. The Morgan fingerprint density at radius 3 is 3.09 bits per heavy atom. The summed E-state index contributed by atoms with van der Waals surface area (Å²) in [5, 5.41) is 4.58. The Bertz CT molecular complexity index is 616. The van der Waals surface area contributed by atoms with E-state index in [1.54, 1.807) is 0 Å². The van der Waals surface area contributed by atoms with Crippen molar-refractivity contribution in [2.75, 3.05) is 23.7 Å². The van der Waals surface area contributed by atoms with E-state index in [0.717, 1.165) is 30.2 Å². The molecule has 6 heteroatoms. The fraction of sp³-hybridized carbons (Fsp3) is 0.562. The van der Waals surface area contributed by atoms with Crippen molar-refractivity contribution in [1.82, 2.24) is 15.1 Å². The number of hydrogen-bond donors (Lipinski definition) is 0. The second kappa shape index (κ2) is 7.13. The van der Waals surface area contributed by atoms with Gasteiger partial charge in [-0.15, -0.1) is 0 Å². The van der Waals surface area contributed by atoms with Crippen LogP contribution in [0.25, 0.3) is 11.5 Å². The van der Waals surface area contributed by atoms with Crippen LogP contribution in [0.2, 0.25) is 0 Å². The first-order chi connectivity index (χ1) is 10.8. The first-order valence-electron chi connectivity index (χ1n) is 7.90. The Hall–Kier alpha value is -1.56. The van der Waals surface area contributed by atoms with E-state index in [1.807, 2.05) is 37.0 Å². The highest BCUT2D eigenvalue weighted by atomic mass is 32.2. The van der Waals surface area contributed by atoms with Crippen molar-refractivity contribution in [3.8, 4) is 11.5 Å². The molecule has 0 spiro atoms. The van der Waals surface area contributed by atoms with Gasteiger partial charge in [0.2, 0.25) is 0 Å². The molecule has 0 aliphatic carbocycles. The number of pyridine rings is 1. The average molecular weight is 318 g/mol. The summed E-state index contributed by atoms with van der Waals surface area (Å²) >= 11 is 2.05. The van der Waals surface area contributed by atoms with E-state index in [1.165, 1.54) is 19.3 Å². The number of rotatable bonds is 4. The predicted molar refractivity (Wildman–Crippen MR) is 90.3 cm³/mol. The Morgan fingerprint density at radius 2 is 2.32 bits per heavy atom. The fourth-order valence-electron chi connectivity index (χ4n) is 2.89. The molecule has 2 aromatic heterocycles. The Kier molecular flexibility index (Phi) is 4.97. The summed E-state index contributed by atoms with van der Waals surface area (Å²) in [7, 11) is 0. The molecule has 22 heavy (non-hydrogen) atoms. The number of thioether (sulfide) groups is 1. The van der Waals surface area contributed by atoms with Crippen LogP contribution in [0.5, 0.6) is 0 Å². The molecule has 1 unspecified atom stereocenters. The van der Waals surface area contributed by atoms with Crippen LogP contribution in [0.15, 0.2) is 22.9 Å². The number of aryl methyl sites for hydroxylation is 1. The molecule has 0 saturated carbocycles. The molecule has 0 aromatic carbocycles. The average Bonchev–Trinajstić information content (AvgIpc) is 2.83. The van der Waals surface area contributed by atoms with E-state index in [2.05, 4.69) is 26.9 Å². The monoisotopic (exact) mass is 318 g/mol. The van der Waals surface area contributed by atoms with Crippen molar-refractivity contribution in [3.63, 3.8) is 0 Å². The van der Waals surface area contributed by atoms with Gasteiger partial charge in [0.15, 0.2) is 5.82 Å². The van der Waals surface area contributed by atoms with Gasteiger partial charge < -0.3 is 9.42 Å². The van der Waals surface area contributed by atoms with Crippen molar-refractivity contribution in [1.29, 1.82) is 0 Å². The summed E-state index contributed by atoms with van der Waals surface area (Å²) in [6, 6.07) is 3.94. The van der Waals surface area contributed by atoms with Crippen molar-refractivity contribution in [2.24, 2.45) is 0 Å². The Morgan fingerprint density at radius 1 is 1.41 bits per heavy atom. The summed E-state index contributed by atoms with van der Waals surface area (Å²) in [5.74, 6) is 3.34. The van der Waals surface area contributed by atoms with Gasteiger partial charge in [0.1, 0.15) is 5.82 Å². The van der Waals surface area contributed by atoms with E-state index < -0.39 is 0 Å². The molecule has 1 saturated heterocycles. The van der Waals surface area contributed by atoms with Crippen LogP contribution in [0, 0.1) is 6.92 Å². The quantitative estimate of drug-likeness (QED) is 0.859. The molecular formula is C16H22N4OS. The van der Waals surface area contributed by atoms with Crippen LogP contribution in [-0.2, 0) is 0 Å². The minimum Gasteiger partial charge on any atom is -0.355 e. The van der Waals surface area contributed by atoms with Gasteiger partial charge in [0.25, 0.3) is 5.89 Å². The van der Waals surface area contributed by atoms with Crippen molar-refractivity contribution in [2.45, 2.75) is 38.4 Å². The van der Waals surface area contributed by atoms with E-state index in [9.17, 15) is 0 Å². The Labute approximate surface area is 135 Å². The number of hydrogen-bond acceptors (Lipinski definition) is 6. The molecule has 1 aliphatic heterocycles. The molecule has 2 aromatic rings. The molecule has 3 rings (SSSR count). The van der Waals surface area contributed by atoms with Crippen LogP contribution in [0.3, 0.4) is 0 Å². The SMILES string of the molecule is CCSC1CCCCN(c2ncccc2-c2nc(C)no2)C1. The third-order valence-electron chi connectivity index (χ3n) is 3.87. The molecule has 0 N–H and O–H groups in total. The van der Waals surface area contributed by atoms with E-state index in [-0.39, 0.29) is 0 Å². The van der Waals surface area contributed by atoms with Crippen LogP contribution in [-0.4, -0.2) is 39.2 Å². The predicted octanol–water partition coefficient (Wildman–Crippen LogP) is 3.55. The molecule has 118 valence electrons. The maximum atomic E-state index is 5.35. The minimum atomic E-state index is 0.560. The lowest BCUT2D eigenvalue weighted by atomic mass is 10.2. The van der Waals surface area contributed by atoms with E-state index in [4.69, 9.17) is 4.52 Å². The zero-order valence-electron chi connectivity index (χ0n) is 13.2. The van der Waals surface area contributed by atoms with E-state index in [0.29, 0.717) is 17.0 Å². The van der Waals surface area contributed by atoms with Gasteiger partial charge in [-0.25, -0.2) is 4.98 Å². The second-order valence-corrected chi connectivity index (χ2v) is 7.12. The van der Waals surface area contributed by atoms with Gasteiger partial charge in [-0.2, -0.15) is 16.7 Å². The normalized spacial score (nSPS) is 19.2. The van der Waals surface area contributed by atoms with E-state index >= 15 is 0 Å². The second-order valence-electron chi connectivity index (χ2n) is 5.54. The highest BCUT2D eigenvalue weighted by molar-refractivity contribution is 7.99. The minimum absolute atomic E-state index is 0.560. The molecular weight excluding hydrogens is 296 g/mol. The largest absolute Gasteiger partial charge is 0.355 e. The van der Waals surface area contributed by atoms with Crippen LogP contribution in [0.1, 0.15) is 32.0 Å². The number of aromatic nitrogens is 3. The molecule has 1 atom stereocenters. The molecule has 0 bridgehead atoms. The highest BCUT2D eigenvalue weighted by Crippen LogP contribution is 2.31. The van der Waals surface area contributed by atoms with Gasteiger partial charge in [0, 0.05) is 24.5 Å². The number of nitrogens with zero attached hydrogens (tertiary/aromatic N) is 4. The Balaban J connectivity index is 1.90. The van der Waals surface area contributed by atoms with Crippen molar-refractivity contribution >= 4 is 17.6 Å². The molecule has 3 heterocycles. The summed E-state index contributed by atoms with van der Waals surface area (Å²) in [4.78, 5) is 11.4. The lowest BCUT2D eigenvalue weighted by Gasteiger charge is -2.26. The zero-order valence-corrected chi connectivity index (χ0v) is 14.0. The third kappa shape index (κ3) is 3.43. The number of anilines is 1. The molecule has 0 amide bonds. The molecule has 0 radical (unpaired) electrons. The van der Waals surface area contributed by atoms with Crippen LogP contribution >= 0.6 is 11.8 Å². The summed E-state index contributed by atoms with van der Waals surface area (Å²) < 4.78 is 5.35.